The molecule has 4 rings (SSSR count). The summed E-state index contributed by atoms with van der Waals surface area (Å²) in [6.07, 6.45) is 9.44. The van der Waals surface area contributed by atoms with Gasteiger partial charge >= 0.3 is 11.9 Å². The van der Waals surface area contributed by atoms with Gasteiger partial charge in [0.15, 0.2) is 5.82 Å². The lowest BCUT2D eigenvalue weighted by atomic mass is 10.3. The van der Waals surface area contributed by atoms with Crippen LogP contribution in [0.15, 0.2) is 73.6 Å². The van der Waals surface area contributed by atoms with Gasteiger partial charge in [0.1, 0.15) is 5.69 Å². The van der Waals surface area contributed by atoms with E-state index < -0.39 is 17.8 Å². The van der Waals surface area contributed by atoms with Crippen LogP contribution in [-0.2, 0) is 9.59 Å². The molecule has 0 fully saturated rings. The van der Waals surface area contributed by atoms with Crippen molar-refractivity contribution in [1.29, 1.82) is 0 Å². The molecule has 3 aromatic heterocycles. The molecule has 0 saturated heterocycles. The van der Waals surface area contributed by atoms with E-state index in [1.54, 1.807) is 6.07 Å². The average molecular weight is 423 g/mol. The minimum Gasteiger partial charge on any atom is -0.473 e. The summed E-state index contributed by atoms with van der Waals surface area (Å²) in [4.78, 5) is 49.4. The standard InChI is InChI=1S/C13H10N6O.C4H5N.C2H2O4/c14-19(13(20)11-7-15-5-6-16-11)12-8-17-9-3-1-2-4-10(9)18-12;1-2-4-5-3-1;3-1(4)2(5)6/h1-8H,14H2;1-5H;(H,3,4)(H,5,6). The Labute approximate surface area is 175 Å². The number of H-pyrrole nitrogens is 1. The fourth-order valence-corrected chi connectivity index (χ4v) is 1.98. The van der Waals surface area contributed by atoms with Crippen molar-refractivity contribution in [2.24, 2.45) is 5.84 Å². The minimum absolute atomic E-state index is 0.143. The number of carbonyl (C=O) groups excluding carboxylic acids is 1. The van der Waals surface area contributed by atoms with Crippen LogP contribution in [0.4, 0.5) is 5.82 Å². The number of rotatable bonds is 2. The smallest absolute Gasteiger partial charge is 0.414 e. The second kappa shape index (κ2) is 11.3. The molecule has 4 aromatic rings. The van der Waals surface area contributed by atoms with Crippen LogP contribution in [-0.4, -0.2) is 53.0 Å². The highest BCUT2D eigenvalue weighted by molar-refractivity contribution is 6.27. The molecule has 3 heterocycles. The van der Waals surface area contributed by atoms with E-state index >= 15 is 0 Å². The minimum atomic E-state index is -1.82. The first-order valence-electron chi connectivity index (χ1n) is 8.51. The van der Waals surface area contributed by atoms with Gasteiger partial charge in [0.05, 0.1) is 23.4 Å². The van der Waals surface area contributed by atoms with Gasteiger partial charge in [0.25, 0.3) is 5.91 Å². The number of aromatic amines is 1. The van der Waals surface area contributed by atoms with Crippen molar-refractivity contribution >= 4 is 34.7 Å². The second-order valence-electron chi connectivity index (χ2n) is 5.48. The summed E-state index contributed by atoms with van der Waals surface area (Å²) in [7, 11) is 0. The number of hydrogen-bond acceptors (Lipinski definition) is 8. The van der Waals surface area contributed by atoms with Crippen molar-refractivity contribution in [3.63, 3.8) is 0 Å². The van der Waals surface area contributed by atoms with Gasteiger partial charge in [-0.05, 0) is 24.3 Å². The molecule has 0 saturated carbocycles. The first-order valence-corrected chi connectivity index (χ1v) is 8.51. The van der Waals surface area contributed by atoms with Gasteiger partial charge in [-0.3, -0.25) is 14.8 Å². The summed E-state index contributed by atoms with van der Waals surface area (Å²) >= 11 is 0. The number of para-hydroxylation sites is 2. The van der Waals surface area contributed by atoms with Crippen molar-refractivity contribution in [2.45, 2.75) is 0 Å². The number of hydrogen-bond donors (Lipinski definition) is 4. The van der Waals surface area contributed by atoms with E-state index in [1.165, 1.54) is 24.8 Å². The molecule has 0 bridgehead atoms. The van der Waals surface area contributed by atoms with Crippen LogP contribution in [0.25, 0.3) is 11.0 Å². The summed E-state index contributed by atoms with van der Waals surface area (Å²) in [6.45, 7) is 0. The van der Waals surface area contributed by atoms with Crippen LogP contribution in [0.5, 0.6) is 0 Å². The molecule has 0 aliphatic carbocycles. The van der Waals surface area contributed by atoms with Crippen LogP contribution in [0, 0.1) is 0 Å². The molecular weight excluding hydrogens is 406 g/mol. The van der Waals surface area contributed by atoms with Gasteiger partial charge in [0, 0.05) is 24.8 Å². The van der Waals surface area contributed by atoms with Gasteiger partial charge in [-0.2, -0.15) is 0 Å². The van der Waals surface area contributed by atoms with Crippen molar-refractivity contribution in [3.05, 3.63) is 79.3 Å². The highest BCUT2D eigenvalue weighted by atomic mass is 16.4. The highest BCUT2D eigenvalue weighted by Gasteiger charge is 2.17. The topological polar surface area (TPSA) is 188 Å². The molecule has 0 radical (unpaired) electrons. The Bertz CT molecular complexity index is 1110. The molecule has 0 atom stereocenters. The predicted molar refractivity (Wildman–Crippen MR) is 109 cm³/mol. The Morgan fingerprint density at radius 3 is 2.03 bits per heavy atom. The van der Waals surface area contributed by atoms with Gasteiger partial charge in [-0.25, -0.2) is 30.4 Å². The number of fused-ring (bicyclic) bond motifs is 1. The molecule has 0 aliphatic rings. The normalized spacial score (nSPS) is 9.45. The number of hydrazine groups is 1. The number of aromatic nitrogens is 5. The monoisotopic (exact) mass is 423 g/mol. The van der Waals surface area contributed by atoms with Crippen LogP contribution in [0.2, 0.25) is 0 Å². The second-order valence-corrected chi connectivity index (χ2v) is 5.48. The first kappa shape index (κ1) is 22.6. The molecule has 0 spiro atoms. The van der Waals surface area contributed by atoms with Crippen molar-refractivity contribution in [2.75, 3.05) is 5.01 Å². The van der Waals surface area contributed by atoms with E-state index in [0.29, 0.717) is 5.52 Å². The van der Waals surface area contributed by atoms with Crippen LogP contribution in [0.3, 0.4) is 0 Å². The Balaban J connectivity index is 0.000000255. The third kappa shape index (κ3) is 6.99. The number of nitrogens with two attached hydrogens (primary N) is 1. The third-order valence-corrected chi connectivity index (χ3v) is 3.36. The number of benzene rings is 1. The van der Waals surface area contributed by atoms with Gasteiger partial charge in [-0.15, -0.1) is 0 Å². The lowest BCUT2D eigenvalue weighted by molar-refractivity contribution is -0.159. The number of carboxylic acid groups (broad SMARTS) is 2. The van der Waals surface area contributed by atoms with E-state index in [4.69, 9.17) is 25.6 Å². The maximum Gasteiger partial charge on any atom is 0.414 e. The molecule has 0 aliphatic heterocycles. The highest BCUT2D eigenvalue weighted by Crippen LogP contribution is 2.14. The summed E-state index contributed by atoms with van der Waals surface area (Å²) < 4.78 is 0. The molecule has 12 heteroatoms. The maximum absolute atomic E-state index is 12.1. The predicted octanol–water partition coefficient (Wildman–Crippen LogP) is 1.11. The molecule has 5 N–H and O–H groups in total. The van der Waals surface area contributed by atoms with Gasteiger partial charge < -0.3 is 15.2 Å². The van der Waals surface area contributed by atoms with E-state index in [1.807, 2.05) is 42.7 Å². The van der Waals surface area contributed by atoms with Gasteiger partial charge in [0.2, 0.25) is 0 Å². The summed E-state index contributed by atoms with van der Waals surface area (Å²) in [5.41, 5.74) is 1.54. The molecule has 1 amide bonds. The Morgan fingerprint density at radius 1 is 0.871 bits per heavy atom. The van der Waals surface area contributed by atoms with Crippen molar-refractivity contribution in [1.82, 2.24) is 24.9 Å². The van der Waals surface area contributed by atoms with E-state index in [9.17, 15) is 4.79 Å². The zero-order chi connectivity index (χ0) is 22.6. The quantitative estimate of drug-likeness (QED) is 0.157. The van der Waals surface area contributed by atoms with Gasteiger partial charge in [-0.1, -0.05) is 12.1 Å². The zero-order valence-corrected chi connectivity index (χ0v) is 15.9. The number of anilines is 1. The van der Waals surface area contributed by atoms with Crippen LogP contribution >= 0.6 is 0 Å². The van der Waals surface area contributed by atoms with Crippen molar-refractivity contribution in [3.8, 4) is 0 Å². The average Bonchev–Trinajstić information content (AvgIpc) is 3.39. The Hall–Kier alpha value is -4.71. The fourth-order valence-electron chi connectivity index (χ4n) is 1.98. The van der Waals surface area contributed by atoms with Crippen molar-refractivity contribution < 1.29 is 24.6 Å². The third-order valence-electron chi connectivity index (χ3n) is 3.36. The van der Waals surface area contributed by atoms with Crippen LogP contribution in [0.1, 0.15) is 10.5 Å². The molecular formula is C19H17N7O5. The Morgan fingerprint density at radius 2 is 1.52 bits per heavy atom. The molecule has 12 nitrogen and oxygen atoms in total. The summed E-state index contributed by atoms with van der Waals surface area (Å²) in [5, 5.41) is 15.7. The number of carbonyl (C=O) groups is 3. The number of carboxylic acids is 2. The number of nitrogens with one attached hydrogen (secondary N) is 1. The first-order chi connectivity index (χ1) is 14.9. The number of amides is 1. The van der Waals surface area contributed by atoms with E-state index in [0.717, 1.165) is 10.5 Å². The SMILES string of the molecule is NN(C(=O)c1cnccn1)c1cnc2ccccc2n1.O=C(O)C(=O)O.c1cc[nH]c1. The fraction of sp³-hybridized carbons (Fsp3) is 0. The maximum atomic E-state index is 12.1. The number of aliphatic carboxylic acids is 2. The zero-order valence-electron chi connectivity index (χ0n) is 15.9. The molecule has 1 aromatic carbocycles. The largest absolute Gasteiger partial charge is 0.473 e. The molecule has 31 heavy (non-hydrogen) atoms. The van der Waals surface area contributed by atoms with E-state index in [-0.39, 0.29) is 11.5 Å². The Kier molecular flexibility index (Phi) is 8.25. The lowest BCUT2D eigenvalue weighted by Crippen LogP contribution is -2.38. The summed E-state index contributed by atoms with van der Waals surface area (Å²) in [5.74, 6) is 1.88. The molecule has 158 valence electrons. The summed E-state index contributed by atoms with van der Waals surface area (Å²) in [6, 6.07) is 11.2. The molecule has 0 unspecified atom stereocenters. The lowest BCUT2D eigenvalue weighted by Gasteiger charge is -2.14. The van der Waals surface area contributed by atoms with E-state index in [2.05, 4.69) is 24.9 Å². The number of nitrogens with zero attached hydrogens (tertiary/aromatic N) is 5. The van der Waals surface area contributed by atoms with Crippen LogP contribution < -0.4 is 10.9 Å².